The molecule has 0 saturated heterocycles. The van der Waals surface area contributed by atoms with Gasteiger partial charge in [0.2, 0.25) is 5.91 Å². The number of methoxy groups -OCH3 is 1. The van der Waals surface area contributed by atoms with Crippen LogP contribution in [0.15, 0.2) is 55.0 Å². The molecule has 3 aromatic rings. The molecule has 1 amide bonds. The minimum atomic E-state index is -1.14. The molecule has 5 heteroatoms. The van der Waals surface area contributed by atoms with Gasteiger partial charge in [-0.2, -0.15) is 0 Å². The third-order valence-electron chi connectivity index (χ3n) is 4.71. The van der Waals surface area contributed by atoms with Gasteiger partial charge in [-0.1, -0.05) is 18.9 Å². The molecule has 5 nitrogen and oxygen atoms in total. The van der Waals surface area contributed by atoms with Gasteiger partial charge in [0.25, 0.3) is 0 Å². The molecular weight excluding hydrogens is 350 g/mol. The van der Waals surface area contributed by atoms with E-state index in [4.69, 9.17) is 7.48 Å². The predicted molar refractivity (Wildman–Crippen MR) is 113 cm³/mol. The van der Waals surface area contributed by atoms with E-state index in [0.717, 1.165) is 38.0 Å². The van der Waals surface area contributed by atoms with E-state index in [0.29, 0.717) is 12.1 Å². The number of aryl methyl sites for hydroxylation is 2. The van der Waals surface area contributed by atoms with Gasteiger partial charge < -0.3 is 14.6 Å². The topological polar surface area (TPSA) is 56.2 Å². The second-order valence-electron chi connectivity index (χ2n) is 6.76. The number of nitrogens with zero attached hydrogens (tertiary/aromatic N) is 2. The number of carbonyl (C=O) groups excluding carboxylic acids is 1. The Bertz CT molecular complexity index is 946. The molecule has 2 atom stereocenters. The molecule has 2 unspecified atom stereocenters. The van der Waals surface area contributed by atoms with Crippen molar-refractivity contribution in [1.29, 1.82) is 0 Å². The van der Waals surface area contributed by atoms with Crippen LogP contribution in [0.25, 0.3) is 10.9 Å². The zero-order valence-electron chi connectivity index (χ0n) is 18.3. The van der Waals surface area contributed by atoms with Crippen LogP contribution in [0.2, 0.25) is 0 Å². The van der Waals surface area contributed by atoms with Crippen LogP contribution in [0.5, 0.6) is 5.75 Å². The monoisotopic (exact) mass is 381 g/mol. The van der Waals surface area contributed by atoms with E-state index in [1.54, 1.807) is 25.4 Å². The Morgan fingerprint density at radius 2 is 2.11 bits per heavy atom. The van der Waals surface area contributed by atoms with Crippen LogP contribution in [-0.4, -0.2) is 29.1 Å². The number of ether oxygens (including phenoxy) is 1. The van der Waals surface area contributed by atoms with Crippen LogP contribution in [0.3, 0.4) is 0 Å². The van der Waals surface area contributed by atoms with Gasteiger partial charge in [0, 0.05) is 51.7 Å². The molecule has 1 aromatic carbocycles. The summed E-state index contributed by atoms with van der Waals surface area (Å²) in [6.07, 6.45) is 7.23. The second kappa shape index (κ2) is 10.5. The molecule has 0 radical (unpaired) electrons. The summed E-state index contributed by atoms with van der Waals surface area (Å²) in [6.45, 7) is 1.50. The molecule has 148 valence electrons. The predicted octanol–water partition coefficient (Wildman–Crippen LogP) is 4.35. The number of hydrogen-bond donors (Lipinski definition) is 1. The van der Waals surface area contributed by atoms with Crippen molar-refractivity contribution in [1.82, 2.24) is 14.9 Å². The second-order valence-corrected chi connectivity index (χ2v) is 6.76. The van der Waals surface area contributed by atoms with Gasteiger partial charge in [-0.25, -0.2) is 0 Å². The molecule has 2 heterocycles. The Morgan fingerprint density at radius 1 is 1.21 bits per heavy atom. The third kappa shape index (κ3) is 5.84. The number of amides is 1. The summed E-state index contributed by atoms with van der Waals surface area (Å²) in [5.74, 6) is 0.475. The lowest BCUT2D eigenvalue weighted by Crippen LogP contribution is -2.24. The summed E-state index contributed by atoms with van der Waals surface area (Å²) in [7, 11) is 1.68. The molecule has 2 aromatic heterocycles. The number of carbonyl (C=O) groups is 1. The number of benzene rings is 1. The van der Waals surface area contributed by atoms with Gasteiger partial charge >= 0.3 is 0 Å². The van der Waals surface area contributed by atoms with Crippen LogP contribution < -0.4 is 10.1 Å². The normalized spacial score (nSPS) is 14.2. The lowest BCUT2D eigenvalue weighted by molar-refractivity contribution is -0.121. The summed E-state index contributed by atoms with van der Waals surface area (Å²) in [5, 5.41) is 3.97. The van der Waals surface area contributed by atoms with Gasteiger partial charge in [0.15, 0.2) is 0 Å². The Labute approximate surface area is 169 Å². The van der Waals surface area contributed by atoms with Crippen molar-refractivity contribution < 1.29 is 12.3 Å². The molecule has 0 saturated carbocycles. The molecule has 1 N–H and O–H groups in total. The van der Waals surface area contributed by atoms with Gasteiger partial charge in [-0.3, -0.25) is 9.78 Å². The van der Waals surface area contributed by atoms with Crippen molar-refractivity contribution in [3.63, 3.8) is 0 Å². The molecule has 0 spiro atoms. The fourth-order valence-electron chi connectivity index (χ4n) is 3.18. The Hall–Kier alpha value is -2.82. The highest BCUT2D eigenvalue weighted by Crippen LogP contribution is 2.22. The quantitative estimate of drug-likeness (QED) is 0.502. The van der Waals surface area contributed by atoms with E-state index in [2.05, 4.69) is 33.2 Å². The molecule has 0 aliphatic rings. The van der Waals surface area contributed by atoms with Crippen LogP contribution in [-0.2, 0) is 17.7 Å². The zero-order chi connectivity index (χ0) is 21.3. The van der Waals surface area contributed by atoms with E-state index < -0.39 is 18.7 Å². The maximum absolute atomic E-state index is 12.1. The van der Waals surface area contributed by atoms with E-state index in [1.807, 2.05) is 12.1 Å². The van der Waals surface area contributed by atoms with Crippen LogP contribution in [0.1, 0.15) is 40.4 Å². The average Bonchev–Trinajstić information content (AvgIpc) is 3.19. The first-order chi connectivity index (χ1) is 14.6. The van der Waals surface area contributed by atoms with Gasteiger partial charge in [0.05, 0.1) is 7.11 Å². The largest absolute Gasteiger partial charge is 0.497 e. The smallest absolute Gasteiger partial charge is 0.220 e. The van der Waals surface area contributed by atoms with Crippen LogP contribution in [0.4, 0.5) is 0 Å². The highest BCUT2D eigenvalue weighted by Gasteiger charge is 2.03. The maximum atomic E-state index is 12.1. The SMILES string of the molecule is [2H]C(C(=O)NCCCCCCn1ccc2cc(OC)ccc21)C([2H])c1cccnc1. The summed E-state index contributed by atoms with van der Waals surface area (Å²) >= 11 is 0. The van der Waals surface area contributed by atoms with Gasteiger partial charge in [0.1, 0.15) is 5.75 Å². The van der Waals surface area contributed by atoms with Crippen molar-refractivity contribution in [2.75, 3.05) is 13.7 Å². The molecule has 0 bridgehead atoms. The van der Waals surface area contributed by atoms with Crippen molar-refractivity contribution in [2.24, 2.45) is 0 Å². The average molecular weight is 382 g/mol. The number of unbranched alkanes of at least 4 members (excludes halogenated alkanes) is 3. The number of pyridine rings is 1. The van der Waals surface area contributed by atoms with Crippen molar-refractivity contribution in [3.05, 3.63) is 60.6 Å². The Kier molecular flexibility index (Phi) is 6.48. The lowest BCUT2D eigenvalue weighted by Gasteiger charge is -2.07. The van der Waals surface area contributed by atoms with Gasteiger partial charge in [-0.05, 0) is 55.1 Å². The number of aromatic nitrogens is 2. The van der Waals surface area contributed by atoms with E-state index in [1.165, 1.54) is 17.1 Å². The van der Waals surface area contributed by atoms with Crippen LogP contribution >= 0.6 is 0 Å². The van der Waals surface area contributed by atoms with Crippen LogP contribution in [0, 0.1) is 0 Å². The summed E-state index contributed by atoms with van der Waals surface area (Å²) < 4.78 is 23.6. The minimum Gasteiger partial charge on any atom is -0.497 e. The van der Waals surface area contributed by atoms with Gasteiger partial charge in [-0.15, -0.1) is 0 Å². The standard InChI is InChI=1S/C23H29N3O2/c1-28-21-9-10-22-20(17-21)12-16-26(22)15-5-3-2-4-14-25-23(27)11-8-19-7-6-13-24-18-19/h6-7,9-10,12-13,16-18H,2-5,8,11,14-15H2,1H3,(H,25,27)/i8D,11D. The zero-order valence-corrected chi connectivity index (χ0v) is 16.3. The number of hydrogen-bond acceptors (Lipinski definition) is 3. The summed E-state index contributed by atoms with van der Waals surface area (Å²) in [5.41, 5.74) is 1.80. The van der Waals surface area contributed by atoms with E-state index in [-0.39, 0.29) is 0 Å². The Morgan fingerprint density at radius 3 is 2.93 bits per heavy atom. The van der Waals surface area contributed by atoms with E-state index in [9.17, 15) is 4.79 Å². The summed E-state index contributed by atoms with van der Waals surface area (Å²) in [4.78, 5) is 16.1. The van der Waals surface area contributed by atoms with Crippen molar-refractivity contribution in [2.45, 2.75) is 45.0 Å². The highest BCUT2D eigenvalue weighted by atomic mass is 16.5. The van der Waals surface area contributed by atoms with Crippen molar-refractivity contribution in [3.8, 4) is 5.75 Å². The fraction of sp³-hybridized carbons (Fsp3) is 0.391. The van der Waals surface area contributed by atoms with Crippen molar-refractivity contribution >= 4 is 16.8 Å². The number of rotatable bonds is 11. The molecule has 0 fully saturated rings. The molecular formula is C23H29N3O2. The first kappa shape index (κ1) is 17.3. The molecule has 28 heavy (non-hydrogen) atoms. The van der Waals surface area contributed by atoms with E-state index >= 15 is 0 Å². The first-order valence-electron chi connectivity index (χ1n) is 10.9. The minimum absolute atomic E-state index is 0.395. The Balaban J connectivity index is 1.32. The fourth-order valence-corrected chi connectivity index (χ4v) is 3.18. The highest BCUT2D eigenvalue weighted by molar-refractivity contribution is 5.81. The summed E-state index contributed by atoms with van der Waals surface area (Å²) in [6, 6.07) is 11.7. The molecule has 3 rings (SSSR count). The first-order valence-corrected chi connectivity index (χ1v) is 9.75. The number of fused-ring (bicyclic) bond motifs is 1. The maximum Gasteiger partial charge on any atom is 0.220 e. The number of nitrogens with one attached hydrogen (secondary N) is 1. The molecule has 0 aliphatic carbocycles. The molecule has 0 aliphatic heterocycles. The third-order valence-corrected chi connectivity index (χ3v) is 4.71. The lowest BCUT2D eigenvalue weighted by atomic mass is 10.1.